The summed E-state index contributed by atoms with van der Waals surface area (Å²) in [5, 5.41) is 13.3. The quantitative estimate of drug-likeness (QED) is 0.755. The number of β-amino-alcohol motifs (C(OH)–C–C–N with tert-alkyl or cyclic N) is 1. The zero-order chi connectivity index (χ0) is 20.0. The third-order valence-corrected chi connectivity index (χ3v) is 6.49. The van der Waals surface area contributed by atoms with Crippen molar-refractivity contribution >= 4 is 15.9 Å². The molecule has 1 aliphatic rings. The first-order chi connectivity index (χ1) is 13.5. The average molecular weight is 402 g/mol. The van der Waals surface area contributed by atoms with Gasteiger partial charge in [0.15, 0.2) is 5.03 Å². The Hall–Kier alpha value is -2.29. The molecule has 28 heavy (non-hydrogen) atoms. The number of aliphatic hydroxyl groups is 1. The lowest BCUT2D eigenvalue weighted by molar-refractivity contribution is -0.119. The van der Waals surface area contributed by atoms with Crippen LogP contribution in [0.3, 0.4) is 0 Å². The second-order valence-corrected chi connectivity index (χ2v) is 8.63. The van der Waals surface area contributed by atoms with E-state index in [1.54, 1.807) is 12.1 Å². The van der Waals surface area contributed by atoms with Crippen molar-refractivity contribution in [3.63, 3.8) is 0 Å². The van der Waals surface area contributed by atoms with E-state index in [1.807, 2.05) is 30.3 Å². The molecule has 1 fully saturated rings. The molecule has 7 nitrogen and oxygen atoms in total. The fraction of sp³-hybridized carbons (Fsp3) is 0.350. The standard InChI is InChI=1S/C20H24N3O4S/c24-18-15-23(28(26,27)20-10-4-5-13-21-20)14-6-9-17(18)22-19(25)12-11-16-7-2-1-3-8-16/h1-5,7-8,10,12-13,17-18,24H,6,9,11,14-15H2,(H,22,25)/t17?,18-/m0/s1. The smallest absolute Gasteiger partial charge is 0.260 e. The Labute approximate surface area is 165 Å². The molecule has 1 aromatic heterocycles. The normalized spacial score (nSPS) is 21.0. The SMILES string of the molecule is O=C([CH]Cc1ccccc1)NC1CCCN(S(=O)(=O)c2ccccn2)C[C@@H]1O. The Morgan fingerprint density at radius 2 is 1.96 bits per heavy atom. The third-order valence-electron chi connectivity index (χ3n) is 4.71. The van der Waals surface area contributed by atoms with Crippen LogP contribution in [0, 0.1) is 6.42 Å². The van der Waals surface area contributed by atoms with Crippen LogP contribution in [0.2, 0.25) is 0 Å². The van der Waals surface area contributed by atoms with Gasteiger partial charge < -0.3 is 10.4 Å². The molecule has 1 amide bonds. The first kappa shape index (κ1) is 20.4. The number of pyridine rings is 1. The minimum absolute atomic E-state index is 0.0409. The molecule has 2 heterocycles. The zero-order valence-electron chi connectivity index (χ0n) is 15.4. The molecule has 1 radical (unpaired) electrons. The molecule has 1 aromatic carbocycles. The summed E-state index contributed by atoms with van der Waals surface area (Å²) in [4.78, 5) is 16.1. The van der Waals surface area contributed by atoms with Gasteiger partial charge in [0.1, 0.15) is 0 Å². The topological polar surface area (TPSA) is 99.6 Å². The van der Waals surface area contributed by atoms with Gasteiger partial charge in [-0.25, -0.2) is 13.4 Å². The molecule has 2 aromatic rings. The van der Waals surface area contributed by atoms with Crippen LogP contribution in [0.1, 0.15) is 18.4 Å². The van der Waals surface area contributed by atoms with Gasteiger partial charge in [-0.2, -0.15) is 4.31 Å². The van der Waals surface area contributed by atoms with Gasteiger partial charge in [0.05, 0.1) is 18.6 Å². The summed E-state index contributed by atoms with van der Waals surface area (Å²) in [7, 11) is -3.77. The van der Waals surface area contributed by atoms with E-state index in [0.717, 1.165) is 5.56 Å². The summed E-state index contributed by atoms with van der Waals surface area (Å²) in [5.74, 6) is -0.270. The fourth-order valence-electron chi connectivity index (χ4n) is 3.19. The van der Waals surface area contributed by atoms with Crippen LogP contribution in [0.15, 0.2) is 59.8 Å². The third kappa shape index (κ3) is 5.15. The number of rotatable bonds is 6. The highest BCUT2D eigenvalue weighted by molar-refractivity contribution is 7.89. The number of carbonyl (C=O) groups excluding carboxylic acids is 1. The van der Waals surface area contributed by atoms with Crippen molar-refractivity contribution in [2.75, 3.05) is 13.1 Å². The predicted molar refractivity (Wildman–Crippen MR) is 105 cm³/mol. The summed E-state index contributed by atoms with van der Waals surface area (Å²) in [6.45, 7) is 0.193. The molecule has 3 rings (SSSR count). The second kappa shape index (κ2) is 9.27. The van der Waals surface area contributed by atoms with Crippen molar-refractivity contribution in [1.29, 1.82) is 0 Å². The summed E-state index contributed by atoms with van der Waals surface area (Å²) in [6, 6.07) is 13.8. The van der Waals surface area contributed by atoms with Gasteiger partial charge in [-0.05, 0) is 37.0 Å². The van der Waals surface area contributed by atoms with Gasteiger partial charge >= 0.3 is 0 Å². The highest BCUT2D eigenvalue weighted by Gasteiger charge is 2.33. The molecular formula is C20H24N3O4S. The first-order valence-electron chi connectivity index (χ1n) is 9.23. The van der Waals surface area contributed by atoms with E-state index in [1.165, 1.54) is 23.0 Å². The van der Waals surface area contributed by atoms with Gasteiger partial charge in [-0.3, -0.25) is 4.79 Å². The van der Waals surface area contributed by atoms with E-state index in [-0.39, 0.29) is 24.0 Å². The van der Waals surface area contributed by atoms with Crippen LogP contribution in [0.25, 0.3) is 0 Å². The van der Waals surface area contributed by atoms with Gasteiger partial charge in [0.25, 0.3) is 10.0 Å². The van der Waals surface area contributed by atoms with Crippen molar-refractivity contribution in [3.8, 4) is 0 Å². The fourth-order valence-corrected chi connectivity index (χ4v) is 4.62. The van der Waals surface area contributed by atoms with Crippen LogP contribution in [-0.2, 0) is 21.2 Å². The second-order valence-electron chi connectivity index (χ2n) is 6.75. The molecule has 149 valence electrons. The van der Waals surface area contributed by atoms with Crippen molar-refractivity contribution in [2.45, 2.75) is 36.4 Å². The Balaban J connectivity index is 1.58. The van der Waals surface area contributed by atoms with Gasteiger partial charge in [0, 0.05) is 19.3 Å². The number of aromatic nitrogens is 1. The van der Waals surface area contributed by atoms with Crippen molar-refractivity contribution < 1.29 is 18.3 Å². The van der Waals surface area contributed by atoms with E-state index >= 15 is 0 Å². The number of sulfonamides is 1. The van der Waals surface area contributed by atoms with E-state index in [4.69, 9.17) is 0 Å². The highest BCUT2D eigenvalue weighted by atomic mass is 32.2. The van der Waals surface area contributed by atoms with E-state index in [0.29, 0.717) is 19.3 Å². The van der Waals surface area contributed by atoms with Crippen LogP contribution in [-0.4, -0.2) is 54.0 Å². The molecule has 0 saturated carbocycles. The minimum Gasteiger partial charge on any atom is -0.390 e. The number of benzene rings is 1. The maximum atomic E-state index is 12.7. The van der Waals surface area contributed by atoms with E-state index < -0.39 is 22.2 Å². The van der Waals surface area contributed by atoms with Gasteiger partial charge in [0.2, 0.25) is 5.91 Å². The molecule has 1 unspecified atom stereocenters. The Morgan fingerprint density at radius 1 is 1.21 bits per heavy atom. The molecule has 2 atom stereocenters. The summed E-state index contributed by atoms with van der Waals surface area (Å²) < 4.78 is 26.7. The lowest BCUT2D eigenvalue weighted by Crippen LogP contribution is -2.47. The average Bonchev–Trinajstić information content (AvgIpc) is 2.90. The summed E-state index contributed by atoms with van der Waals surface area (Å²) >= 11 is 0. The molecular weight excluding hydrogens is 378 g/mol. The monoisotopic (exact) mass is 402 g/mol. The number of hydrogen-bond acceptors (Lipinski definition) is 5. The maximum absolute atomic E-state index is 12.7. The number of carbonyl (C=O) groups is 1. The number of hydrogen-bond donors (Lipinski definition) is 2. The lowest BCUT2D eigenvalue weighted by atomic mass is 10.1. The largest absolute Gasteiger partial charge is 0.390 e. The maximum Gasteiger partial charge on any atom is 0.260 e. The Morgan fingerprint density at radius 3 is 2.68 bits per heavy atom. The Bertz CT molecular complexity index is 875. The van der Waals surface area contributed by atoms with Gasteiger partial charge in [-0.1, -0.05) is 36.4 Å². The minimum atomic E-state index is -3.77. The van der Waals surface area contributed by atoms with E-state index in [2.05, 4.69) is 10.3 Å². The molecule has 1 aliphatic heterocycles. The molecule has 8 heteroatoms. The molecule has 1 saturated heterocycles. The lowest BCUT2D eigenvalue weighted by Gasteiger charge is -2.24. The molecule has 0 bridgehead atoms. The van der Waals surface area contributed by atoms with Crippen LogP contribution in [0.5, 0.6) is 0 Å². The van der Waals surface area contributed by atoms with Gasteiger partial charge in [-0.15, -0.1) is 0 Å². The van der Waals surface area contributed by atoms with Crippen molar-refractivity contribution in [1.82, 2.24) is 14.6 Å². The summed E-state index contributed by atoms with van der Waals surface area (Å²) in [6.07, 6.45) is 3.50. The molecule has 0 spiro atoms. The number of nitrogens with zero attached hydrogens (tertiary/aromatic N) is 2. The number of amides is 1. The molecule has 2 N–H and O–H groups in total. The summed E-state index contributed by atoms with van der Waals surface area (Å²) in [5.41, 5.74) is 1.02. The van der Waals surface area contributed by atoms with E-state index in [9.17, 15) is 18.3 Å². The van der Waals surface area contributed by atoms with Crippen molar-refractivity contribution in [3.05, 3.63) is 66.7 Å². The Kier molecular flexibility index (Phi) is 6.77. The number of aliphatic hydroxyl groups excluding tert-OH is 1. The number of nitrogens with one attached hydrogen (secondary N) is 1. The zero-order valence-corrected chi connectivity index (χ0v) is 16.3. The van der Waals surface area contributed by atoms with Crippen LogP contribution >= 0.6 is 0 Å². The first-order valence-corrected chi connectivity index (χ1v) is 10.7. The highest BCUT2D eigenvalue weighted by Crippen LogP contribution is 2.19. The van der Waals surface area contributed by atoms with Crippen LogP contribution in [0.4, 0.5) is 0 Å². The molecule has 0 aliphatic carbocycles. The van der Waals surface area contributed by atoms with Crippen molar-refractivity contribution in [2.24, 2.45) is 0 Å². The predicted octanol–water partition coefficient (Wildman–Crippen LogP) is 1.16. The van der Waals surface area contributed by atoms with Crippen LogP contribution < -0.4 is 5.32 Å².